The molecule has 3 heteroatoms. The zero-order valence-corrected chi connectivity index (χ0v) is 14.0. The highest BCUT2D eigenvalue weighted by molar-refractivity contribution is 9.09. The third-order valence-corrected chi connectivity index (χ3v) is 4.74. The standard InChI is InChI=1S/C16H25BrO2/c1-5-7-12(8-6-2)16(17)13-9-10-14(18-3)15(11-13)19-4/h9-12,16H,5-8H2,1-4H3. The summed E-state index contributed by atoms with van der Waals surface area (Å²) in [6.45, 7) is 4.49. The lowest BCUT2D eigenvalue weighted by atomic mass is 9.91. The number of alkyl halides is 1. The Hall–Kier alpha value is -0.700. The number of rotatable bonds is 8. The molecule has 0 aliphatic heterocycles. The first kappa shape index (κ1) is 16.4. The summed E-state index contributed by atoms with van der Waals surface area (Å²) in [4.78, 5) is 0.382. The van der Waals surface area contributed by atoms with E-state index in [2.05, 4.69) is 41.9 Å². The number of hydrogen-bond donors (Lipinski definition) is 0. The number of benzene rings is 1. The first-order valence-corrected chi connectivity index (χ1v) is 7.95. The van der Waals surface area contributed by atoms with Crippen molar-refractivity contribution in [1.29, 1.82) is 0 Å². The Kier molecular flexibility index (Phi) is 7.29. The Balaban J connectivity index is 2.93. The van der Waals surface area contributed by atoms with Gasteiger partial charge in [-0.25, -0.2) is 0 Å². The summed E-state index contributed by atoms with van der Waals surface area (Å²) in [5.74, 6) is 2.26. The molecule has 0 saturated carbocycles. The van der Waals surface area contributed by atoms with Crippen molar-refractivity contribution in [3.05, 3.63) is 23.8 Å². The summed E-state index contributed by atoms with van der Waals surface area (Å²) >= 11 is 3.87. The lowest BCUT2D eigenvalue weighted by Gasteiger charge is -2.23. The van der Waals surface area contributed by atoms with E-state index >= 15 is 0 Å². The second kappa shape index (κ2) is 8.47. The number of methoxy groups -OCH3 is 2. The van der Waals surface area contributed by atoms with Crippen LogP contribution in [0.3, 0.4) is 0 Å². The van der Waals surface area contributed by atoms with Gasteiger partial charge in [-0.1, -0.05) is 48.7 Å². The fraction of sp³-hybridized carbons (Fsp3) is 0.625. The SMILES string of the molecule is CCCC(CCC)C(Br)c1ccc(OC)c(OC)c1. The van der Waals surface area contributed by atoms with E-state index in [-0.39, 0.29) is 0 Å². The van der Waals surface area contributed by atoms with Crippen LogP contribution in [0.25, 0.3) is 0 Å². The molecule has 0 radical (unpaired) electrons. The molecule has 0 N–H and O–H groups in total. The molecule has 0 fully saturated rings. The van der Waals surface area contributed by atoms with E-state index in [1.54, 1.807) is 14.2 Å². The Bertz CT molecular complexity index is 373. The quantitative estimate of drug-likeness (QED) is 0.598. The minimum absolute atomic E-state index is 0.382. The molecule has 0 heterocycles. The van der Waals surface area contributed by atoms with E-state index in [9.17, 15) is 0 Å². The van der Waals surface area contributed by atoms with Crippen LogP contribution in [0.1, 0.15) is 49.9 Å². The van der Waals surface area contributed by atoms with E-state index in [1.165, 1.54) is 31.2 Å². The number of hydrogen-bond acceptors (Lipinski definition) is 2. The molecule has 0 aliphatic carbocycles. The minimum atomic E-state index is 0.382. The number of ether oxygens (including phenoxy) is 2. The van der Waals surface area contributed by atoms with Crippen LogP contribution >= 0.6 is 15.9 Å². The van der Waals surface area contributed by atoms with Crippen LogP contribution in [0.4, 0.5) is 0 Å². The van der Waals surface area contributed by atoms with Crippen LogP contribution in [0.5, 0.6) is 11.5 Å². The van der Waals surface area contributed by atoms with Gasteiger partial charge in [0.1, 0.15) is 0 Å². The Labute approximate surface area is 125 Å². The molecule has 1 atom stereocenters. The zero-order valence-electron chi connectivity index (χ0n) is 12.4. The van der Waals surface area contributed by atoms with Crippen molar-refractivity contribution in [2.24, 2.45) is 5.92 Å². The Morgan fingerprint density at radius 1 is 1.00 bits per heavy atom. The maximum absolute atomic E-state index is 5.38. The molecule has 19 heavy (non-hydrogen) atoms. The van der Waals surface area contributed by atoms with E-state index in [4.69, 9.17) is 9.47 Å². The molecule has 0 aromatic heterocycles. The van der Waals surface area contributed by atoms with Crippen molar-refractivity contribution >= 4 is 15.9 Å². The Morgan fingerprint density at radius 3 is 2.05 bits per heavy atom. The van der Waals surface area contributed by atoms with Crippen LogP contribution in [-0.2, 0) is 0 Å². The average molecular weight is 329 g/mol. The highest BCUT2D eigenvalue weighted by Gasteiger charge is 2.20. The van der Waals surface area contributed by atoms with Crippen molar-refractivity contribution in [3.63, 3.8) is 0 Å². The minimum Gasteiger partial charge on any atom is -0.493 e. The normalized spacial score (nSPS) is 12.5. The predicted molar refractivity (Wildman–Crippen MR) is 84.5 cm³/mol. The van der Waals surface area contributed by atoms with Gasteiger partial charge in [-0.2, -0.15) is 0 Å². The number of halogens is 1. The smallest absolute Gasteiger partial charge is 0.161 e. The van der Waals surface area contributed by atoms with Gasteiger partial charge in [0.05, 0.1) is 14.2 Å². The van der Waals surface area contributed by atoms with E-state index in [1.807, 2.05) is 6.07 Å². The summed E-state index contributed by atoms with van der Waals surface area (Å²) < 4.78 is 10.7. The largest absolute Gasteiger partial charge is 0.493 e. The van der Waals surface area contributed by atoms with Crippen LogP contribution < -0.4 is 9.47 Å². The topological polar surface area (TPSA) is 18.5 Å². The third kappa shape index (κ3) is 4.41. The fourth-order valence-electron chi connectivity index (χ4n) is 2.48. The first-order chi connectivity index (χ1) is 9.17. The summed E-state index contributed by atoms with van der Waals surface area (Å²) in [6.07, 6.45) is 4.94. The van der Waals surface area contributed by atoms with Crippen LogP contribution in [-0.4, -0.2) is 14.2 Å². The lowest BCUT2D eigenvalue weighted by molar-refractivity contribution is 0.353. The van der Waals surface area contributed by atoms with Crippen molar-refractivity contribution in [2.75, 3.05) is 14.2 Å². The van der Waals surface area contributed by atoms with E-state index < -0.39 is 0 Å². The molecule has 0 bridgehead atoms. The zero-order chi connectivity index (χ0) is 14.3. The van der Waals surface area contributed by atoms with Gasteiger partial charge in [-0.3, -0.25) is 0 Å². The highest BCUT2D eigenvalue weighted by atomic mass is 79.9. The molecular formula is C16H25BrO2. The molecule has 0 spiro atoms. The molecule has 0 saturated heterocycles. The van der Waals surface area contributed by atoms with Gasteiger partial charge >= 0.3 is 0 Å². The molecule has 1 rings (SSSR count). The second-order valence-corrected chi connectivity index (χ2v) is 5.84. The molecule has 1 unspecified atom stereocenters. The summed E-state index contributed by atoms with van der Waals surface area (Å²) in [5, 5.41) is 0. The summed E-state index contributed by atoms with van der Waals surface area (Å²) in [6, 6.07) is 6.19. The van der Waals surface area contributed by atoms with Gasteiger partial charge in [0.2, 0.25) is 0 Å². The molecule has 0 aliphatic rings. The van der Waals surface area contributed by atoms with Crippen molar-refractivity contribution < 1.29 is 9.47 Å². The van der Waals surface area contributed by atoms with Crippen molar-refractivity contribution in [3.8, 4) is 11.5 Å². The van der Waals surface area contributed by atoms with Gasteiger partial charge in [0.15, 0.2) is 11.5 Å². The van der Waals surface area contributed by atoms with Crippen LogP contribution in [0.2, 0.25) is 0 Å². The molecule has 108 valence electrons. The van der Waals surface area contributed by atoms with E-state index in [0.717, 1.165) is 11.5 Å². The van der Waals surface area contributed by atoms with Gasteiger partial charge in [0.25, 0.3) is 0 Å². The monoisotopic (exact) mass is 328 g/mol. The average Bonchev–Trinajstić information content (AvgIpc) is 2.45. The fourth-order valence-corrected chi connectivity index (χ4v) is 3.29. The van der Waals surface area contributed by atoms with Crippen molar-refractivity contribution in [1.82, 2.24) is 0 Å². The highest BCUT2D eigenvalue weighted by Crippen LogP contribution is 2.40. The predicted octanol–water partition coefficient (Wildman–Crippen LogP) is 5.36. The lowest BCUT2D eigenvalue weighted by Crippen LogP contribution is -2.08. The van der Waals surface area contributed by atoms with Gasteiger partial charge < -0.3 is 9.47 Å². The first-order valence-electron chi connectivity index (χ1n) is 7.03. The maximum Gasteiger partial charge on any atom is 0.161 e. The molecule has 2 nitrogen and oxygen atoms in total. The third-order valence-electron chi connectivity index (χ3n) is 3.46. The molecule has 0 amide bonds. The van der Waals surface area contributed by atoms with Gasteiger partial charge in [-0.05, 0) is 36.5 Å². The van der Waals surface area contributed by atoms with Gasteiger partial charge in [0, 0.05) is 4.83 Å². The summed E-state index contributed by atoms with van der Waals surface area (Å²) in [7, 11) is 3.35. The van der Waals surface area contributed by atoms with Crippen molar-refractivity contribution in [2.45, 2.75) is 44.4 Å². The Morgan fingerprint density at radius 2 is 1.58 bits per heavy atom. The summed E-state index contributed by atoms with van der Waals surface area (Å²) in [5.41, 5.74) is 1.27. The van der Waals surface area contributed by atoms with E-state index in [0.29, 0.717) is 10.7 Å². The van der Waals surface area contributed by atoms with Gasteiger partial charge in [-0.15, -0.1) is 0 Å². The van der Waals surface area contributed by atoms with Crippen LogP contribution in [0, 0.1) is 5.92 Å². The second-order valence-electron chi connectivity index (χ2n) is 4.85. The molecule has 1 aromatic carbocycles. The molecular weight excluding hydrogens is 304 g/mol. The van der Waals surface area contributed by atoms with Crippen LogP contribution in [0.15, 0.2) is 18.2 Å². The molecule has 1 aromatic rings. The maximum atomic E-state index is 5.38.